The zero-order valence-corrected chi connectivity index (χ0v) is 18.2. The van der Waals surface area contributed by atoms with Crippen LogP contribution in [0.25, 0.3) is 10.9 Å². The molecule has 31 heavy (non-hydrogen) atoms. The fourth-order valence-electron chi connectivity index (χ4n) is 3.14. The number of hydrogen-bond donors (Lipinski definition) is 2. The minimum Gasteiger partial charge on any atom is -0.497 e. The summed E-state index contributed by atoms with van der Waals surface area (Å²) < 4.78 is 16.0. The largest absolute Gasteiger partial charge is 0.497 e. The number of alkyl carbamates (subject to hydrolysis) is 1. The number of methoxy groups -OCH3 is 1. The average Bonchev–Trinajstić information content (AvgIpc) is 3.13. The second kappa shape index (κ2) is 9.55. The summed E-state index contributed by atoms with van der Waals surface area (Å²) in [7, 11) is 1.59. The number of benzene rings is 2. The first-order valence-electron chi connectivity index (χ1n) is 10.1. The van der Waals surface area contributed by atoms with Crippen LogP contribution in [0.5, 0.6) is 5.75 Å². The Labute approximate surface area is 181 Å². The van der Waals surface area contributed by atoms with E-state index in [1.807, 2.05) is 42.6 Å². The maximum absolute atomic E-state index is 12.9. The summed E-state index contributed by atoms with van der Waals surface area (Å²) in [4.78, 5) is 28.4. The fourth-order valence-corrected chi connectivity index (χ4v) is 3.14. The van der Waals surface area contributed by atoms with Crippen molar-refractivity contribution in [2.75, 3.05) is 7.11 Å². The van der Waals surface area contributed by atoms with Crippen molar-refractivity contribution in [2.45, 2.75) is 45.4 Å². The first-order valence-corrected chi connectivity index (χ1v) is 10.1. The Morgan fingerprint density at radius 3 is 2.45 bits per heavy atom. The molecule has 7 heteroatoms. The third-order valence-electron chi connectivity index (χ3n) is 4.61. The van der Waals surface area contributed by atoms with Crippen molar-refractivity contribution in [2.24, 2.45) is 0 Å². The van der Waals surface area contributed by atoms with Crippen LogP contribution in [0.2, 0.25) is 0 Å². The van der Waals surface area contributed by atoms with Gasteiger partial charge in [0.05, 0.1) is 7.11 Å². The third kappa shape index (κ3) is 6.25. The summed E-state index contributed by atoms with van der Waals surface area (Å²) in [6.07, 6.45) is 1.44. The Hall–Kier alpha value is -3.48. The molecule has 3 rings (SSSR count). The summed E-state index contributed by atoms with van der Waals surface area (Å²) in [6, 6.07) is 14.1. The molecule has 0 bridgehead atoms. The number of ether oxygens (including phenoxy) is 3. The molecule has 7 nitrogen and oxygen atoms in total. The SMILES string of the molecule is COc1ccc(COC(=O)[C@H](Cc2c[nH]c3ccccc23)NC(=O)OC(C)(C)C)cc1. The average molecular weight is 424 g/mol. The van der Waals surface area contributed by atoms with Crippen LogP contribution < -0.4 is 10.1 Å². The highest BCUT2D eigenvalue weighted by Gasteiger charge is 2.27. The van der Waals surface area contributed by atoms with E-state index >= 15 is 0 Å². The number of H-pyrrole nitrogens is 1. The third-order valence-corrected chi connectivity index (χ3v) is 4.61. The van der Waals surface area contributed by atoms with Gasteiger partial charge in [-0.25, -0.2) is 9.59 Å². The van der Waals surface area contributed by atoms with Crippen LogP contribution in [0, 0.1) is 0 Å². The van der Waals surface area contributed by atoms with Crippen LogP contribution in [-0.2, 0) is 27.3 Å². The molecule has 164 valence electrons. The van der Waals surface area contributed by atoms with Crippen LogP contribution in [0.1, 0.15) is 31.9 Å². The fraction of sp³-hybridized carbons (Fsp3) is 0.333. The summed E-state index contributed by atoms with van der Waals surface area (Å²) >= 11 is 0. The Bertz CT molecular complexity index is 1030. The number of aromatic amines is 1. The van der Waals surface area contributed by atoms with Gasteiger partial charge in [0, 0.05) is 23.5 Å². The topological polar surface area (TPSA) is 89.7 Å². The van der Waals surface area contributed by atoms with Crippen LogP contribution in [0.3, 0.4) is 0 Å². The molecule has 0 saturated heterocycles. The number of carbonyl (C=O) groups excluding carboxylic acids is 2. The molecular weight excluding hydrogens is 396 g/mol. The van der Waals surface area contributed by atoms with Gasteiger partial charge < -0.3 is 24.5 Å². The predicted octanol–water partition coefficient (Wildman–Crippen LogP) is 4.36. The molecule has 1 amide bonds. The highest BCUT2D eigenvalue weighted by atomic mass is 16.6. The van der Waals surface area contributed by atoms with Crippen molar-refractivity contribution in [3.05, 3.63) is 65.9 Å². The van der Waals surface area contributed by atoms with Crippen molar-refractivity contribution in [1.82, 2.24) is 10.3 Å². The standard InChI is InChI=1S/C24H28N2O5/c1-24(2,3)31-23(28)26-21(13-17-14-25-20-8-6-5-7-19(17)20)22(27)30-15-16-9-11-18(29-4)12-10-16/h5-12,14,21,25H,13,15H2,1-4H3,(H,26,28)/t21-/m0/s1. The molecule has 2 aromatic carbocycles. The quantitative estimate of drug-likeness (QED) is 0.550. The van der Waals surface area contributed by atoms with E-state index in [0.29, 0.717) is 0 Å². The van der Waals surface area contributed by atoms with Crippen molar-refractivity contribution >= 4 is 23.0 Å². The van der Waals surface area contributed by atoms with Gasteiger partial charge in [-0.15, -0.1) is 0 Å². The molecule has 1 aromatic heterocycles. The number of para-hydroxylation sites is 1. The van der Waals surface area contributed by atoms with Gasteiger partial charge in [-0.2, -0.15) is 0 Å². The molecule has 2 N–H and O–H groups in total. The Morgan fingerprint density at radius 1 is 1.06 bits per heavy atom. The van der Waals surface area contributed by atoms with E-state index in [9.17, 15) is 9.59 Å². The maximum atomic E-state index is 12.9. The summed E-state index contributed by atoms with van der Waals surface area (Å²) in [5.74, 6) is 0.186. The predicted molar refractivity (Wildman–Crippen MR) is 118 cm³/mol. The van der Waals surface area contributed by atoms with E-state index in [1.165, 1.54) is 0 Å². The monoisotopic (exact) mass is 424 g/mol. The number of nitrogens with one attached hydrogen (secondary N) is 2. The summed E-state index contributed by atoms with van der Waals surface area (Å²) in [5.41, 5.74) is 2.00. The lowest BCUT2D eigenvalue weighted by Gasteiger charge is -2.23. The second-order valence-corrected chi connectivity index (χ2v) is 8.22. The molecule has 0 radical (unpaired) electrons. The minimum absolute atomic E-state index is 0.0865. The number of fused-ring (bicyclic) bond motifs is 1. The van der Waals surface area contributed by atoms with E-state index in [2.05, 4.69) is 10.3 Å². The lowest BCUT2D eigenvalue weighted by atomic mass is 10.1. The number of hydrogen-bond acceptors (Lipinski definition) is 5. The number of rotatable bonds is 7. The highest BCUT2D eigenvalue weighted by Crippen LogP contribution is 2.20. The normalized spacial score (nSPS) is 12.3. The smallest absolute Gasteiger partial charge is 0.408 e. The van der Waals surface area contributed by atoms with Gasteiger partial charge in [-0.05, 0) is 50.1 Å². The Balaban J connectivity index is 1.73. The van der Waals surface area contributed by atoms with Crippen molar-refractivity contribution in [3.63, 3.8) is 0 Å². The van der Waals surface area contributed by atoms with Gasteiger partial charge in [0.1, 0.15) is 24.0 Å². The molecule has 0 aliphatic rings. The van der Waals surface area contributed by atoms with E-state index < -0.39 is 23.7 Å². The van der Waals surface area contributed by atoms with Crippen molar-refractivity contribution in [1.29, 1.82) is 0 Å². The molecular formula is C24H28N2O5. The van der Waals surface area contributed by atoms with E-state index in [0.717, 1.165) is 27.8 Å². The Kier molecular flexibility index (Phi) is 6.84. The van der Waals surface area contributed by atoms with Gasteiger partial charge in [-0.1, -0.05) is 30.3 Å². The molecule has 0 aliphatic heterocycles. The van der Waals surface area contributed by atoms with Gasteiger partial charge in [-0.3, -0.25) is 0 Å². The van der Waals surface area contributed by atoms with Gasteiger partial charge in [0.2, 0.25) is 0 Å². The molecule has 3 aromatic rings. The lowest BCUT2D eigenvalue weighted by Crippen LogP contribution is -2.45. The molecule has 0 fully saturated rings. The van der Waals surface area contributed by atoms with Crippen LogP contribution in [0.15, 0.2) is 54.7 Å². The molecule has 0 spiro atoms. The molecule has 1 heterocycles. The zero-order valence-electron chi connectivity index (χ0n) is 18.2. The number of amides is 1. The summed E-state index contributed by atoms with van der Waals surface area (Å²) in [5, 5.41) is 3.65. The number of esters is 1. The first-order chi connectivity index (χ1) is 14.7. The van der Waals surface area contributed by atoms with E-state index in [4.69, 9.17) is 14.2 Å². The molecule has 0 aliphatic carbocycles. The highest BCUT2D eigenvalue weighted by molar-refractivity contribution is 5.86. The minimum atomic E-state index is -0.896. The zero-order chi connectivity index (χ0) is 22.4. The first kappa shape index (κ1) is 22.2. The van der Waals surface area contributed by atoms with Gasteiger partial charge >= 0.3 is 12.1 Å². The molecule has 0 saturated carbocycles. The van der Waals surface area contributed by atoms with Gasteiger partial charge in [0.25, 0.3) is 0 Å². The van der Waals surface area contributed by atoms with Crippen LogP contribution in [0.4, 0.5) is 4.79 Å². The Morgan fingerprint density at radius 2 is 1.77 bits per heavy atom. The number of carbonyl (C=O) groups is 2. The molecule has 0 unspecified atom stereocenters. The van der Waals surface area contributed by atoms with Crippen LogP contribution in [-0.4, -0.2) is 35.8 Å². The summed E-state index contributed by atoms with van der Waals surface area (Å²) in [6.45, 7) is 5.39. The maximum Gasteiger partial charge on any atom is 0.408 e. The van der Waals surface area contributed by atoms with E-state index in [1.54, 1.807) is 40.0 Å². The van der Waals surface area contributed by atoms with E-state index in [-0.39, 0.29) is 13.0 Å². The van der Waals surface area contributed by atoms with Crippen molar-refractivity contribution < 1.29 is 23.8 Å². The lowest BCUT2D eigenvalue weighted by molar-refractivity contribution is -0.147. The number of aromatic nitrogens is 1. The van der Waals surface area contributed by atoms with Crippen LogP contribution >= 0.6 is 0 Å². The second-order valence-electron chi connectivity index (χ2n) is 8.22. The van der Waals surface area contributed by atoms with Crippen molar-refractivity contribution in [3.8, 4) is 5.75 Å². The van der Waals surface area contributed by atoms with Gasteiger partial charge in [0.15, 0.2) is 0 Å². The molecule has 1 atom stereocenters.